The Bertz CT molecular complexity index is 279. The van der Waals surface area contributed by atoms with Gasteiger partial charge < -0.3 is 10.2 Å². The summed E-state index contributed by atoms with van der Waals surface area (Å²) < 4.78 is 0. The number of aliphatic hydroxyl groups is 2. The quantitative estimate of drug-likeness (QED) is 0.585. The largest absolute Gasteiger partial charge is 0.389 e. The van der Waals surface area contributed by atoms with Crippen molar-refractivity contribution in [3.05, 3.63) is 35.9 Å². The molecule has 0 aliphatic rings. The molecule has 0 aliphatic carbocycles. The molecule has 2 N–H and O–H groups in total. The molecule has 2 unspecified atom stereocenters. The monoisotopic (exact) mass is 230 g/mol. The number of aliphatic hydroxyl groups excluding tert-OH is 1. The third-order valence-electron chi connectivity index (χ3n) is 2.24. The van der Waals surface area contributed by atoms with Crippen LogP contribution in [0.2, 0.25) is 0 Å². The maximum atomic E-state index is 10.2. The summed E-state index contributed by atoms with van der Waals surface area (Å²) in [5.41, 5.74) is -0.650. The summed E-state index contributed by atoms with van der Waals surface area (Å²) in [5, 5.41) is 19.8. The van der Waals surface area contributed by atoms with Crippen LogP contribution in [0.5, 0.6) is 0 Å². The first-order chi connectivity index (χ1) is 6.65. The number of hydrogen-bond acceptors (Lipinski definition) is 4. The van der Waals surface area contributed by atoms with Gasteiger partial charge in [0, 0.05) is 11.5 Å². The Kier molecular flexibility index (Phi) is 4.31. The second-order valence-electron chi connectivity index (χ2n) is 3.15. The van der Waals surface area contributed by atoms with E-state index in [0.717, 1.165) is 0 Å². The minimum absolute atomic E-state index is 0.165. The number of benzene rings is 1. The van der Waals surface area contributed by atoms with Crippen molar-refractivity contribution in [3.8, 4) is 0 Å². The van der Waals surface area contributed by atoms with Gasteiger partial charge in [0.15, 0.2) is 0 Å². The van der Waals surface area contributed by atoms with Crippen molar-refractivity contribution in [1.82, 2.24) is 0 Å². The van der Waals surface area contributed by atoms with Crippen molar-refractivity contribution in [2.45, 2.75) is 11.7 Å². The van der Waals surface area contributed by atoms with Crippen LogP contribution >= 0.6 is 25.3 Å². The molecule has 0 fully saturated rings. The Morgan fingerprint density at radius 3 is 2.21 bits per heavy atom. The van der Waals surface area contributed by atoms with Crippen LogP contribution in [0.3, 0.4) is 0 Å². The van der Waals surface area contributed by atoms with E-state index in [1.807, 2.05) is 18.2 Å². The van der Waals surface area contributed by atoms with E-state index < -0.39 is 11.7 Å². The van der Waals surface area contributed by atoms with Gasteiger partial charge in [0.25, 0.3) is 0 Å². The van der Waals surface area contributed by atoms with Crippen molar-refractivity contribution < 1.29 is 10.2 Å². The predicted molar refractivity (Wildman–Crippen MR) is 64.1 cm³/mol. The van der Waals surface area contributed by atoms with Gasteiger partial charge in [-0.05, 0) is 5.56 Å². The average Bonchev–Trinajstić information content (AvgIpc) is 2.28. The van der Waals surface area contributed by atoms with Gasteiger partial charge in [0.05, 0.1) is 6.10 Å². The maximum Gasteiger partial charge on any atom is 0.125 e. The van der Waals surface area contributed by atoms with E-state index in [0.29, 0.717) is 5.56 Å². The highest BCUT2D eigenvalue weighted by molar-refractivity contribution is 7.80. The Labute approximate surface area is 94.8 Å². The van der Waals surface area contributed by atoms with Crippen molar-refractivity contribution in [2.24, 2.45) is 0 Å². The molecule has 1 aromatic rings. The minimum atomic E-state index is -1.31. The number of thiol groups is 2. The van der Waals surface area contributed by atoms with E-state index in [4.69, 9.17) is 0 Å². The van der Waals surface area contributed by atoms with Crippen LogP contribution in [0, 0.1) is 0 Å². The Balaban J connectivity index is 3.01. The van der Waals surface area contributed by atoms with Gasteiger partial charge in [-0.15, -0.1) is 0 Å². The second-order valence-corrected chi connectivity index (χ2v) is 3.83. The van der Waals surface area contributed by atoms with E-state index >= 15 is 0 Å². The molecular formula is C10H14O2S2. The molecule has 0 aliphatic heterocycles. The van der Waals surface area contributed by atoms with Crippen molar-refractivity contribution in [1.29, 1.82) is 0 Å². The van der Waals surface area contributed by atoms with E-state index in [1.54, 1.807) is 12.1 Å². The Morgan fingerprint density at radius 1 is 1.21 bits per heavy atom. The van der Waals surface area contributed by atoms with E-state index in [2.05, 4.69) is 25.3 Å². The van der Waals surface area contributed by atoms with Crippen LogP contribution in [0.15, 0.2) is 30.3 Å². The average molecular weight is 230 g/mol. The number of rotatable bonds is 4. The highest BCUT2D eigenvalue weighted by Gasteiger charge is 2.35. The minimum Gasteiger partial charge on any atom is -0.389 e. The van der Waals surface area contributed by atoms with E-state index in [9.17, 15) is 10.2 Å². The fourth-order valence-electron chi connectivity index (χ4n) is 1.27. The molecule has 78 valence electrons. The van der Waals surface area contributed by atoms with Gasteiger partial charge in [-0.3, -0.25) is 0 Å². The molecule has 2 atom stereocenters. The zero-order valence-electron chi connectivity index (χ0n) is 7.67. The molecule has 4 heteroatoms. The van der Waals surface area contributed by atoms with Gasteiger partial charge >= 0.3 is 0 Å². The molecule has 0 saturated heterocycles. The first-order valence-corrected chi connectivity index (χ1v) is 5.59. The van der Waals surface area contributed by atoms with E-state index in [-0.39, 0.29) is 11.5 Å². The lowest BCUT2D eigenvalue weighted by atomic mass is 9.91. The molecule has 0 bridgehead atoms. The molecule has 0 amide bonds. The molecule has 0 saturated carbocycles. The first-order valence-electron chi connectivity index (χ1n) is 4.33. The van der Waals surface area contributed by atoms with Crippen LogP contribution in [0.4, 0.5) is 0 Å². The lowest BCUT2D eigenvalue weighted by Gasteiger charge is -2.31. The zero-order chi connectivity index (χ0) is 10.6. The van der Waals surface area contributed by atoms with E-state index in [1.165, 1.54) is 0 Å². The second kappa shape index (κ2) is 5.07. The van der Waals surface area contributed by atoms with Crippen LogP contribution in [-0.2, 0) is 5.60 Å². The molecule has 1 aromatic carbocycles. The molecule has 1 rings (SSSR count). The van der Waals surface area contributed by atoms with Gasteiger partial charge in [0.2, 0.25) is 0 Å². The van der Waals surface area contributed by atoms with Crippen LogP contribution in [0.25, 0.3) is 0 Å². The number of hydrogen-bond donors (Lipinski definition) is 4. The van der Waals surface area contributed by atoms with Gasteiger partial charge in [-0.1, -0.05) is 30.3 Å². The molecule has 0 spiro atoms. The van der Waals surface area contributed by atoms with Crippen LogP contribution in [0.1, 0.15) is 5.56 Å². The van der Waals surface area contributed by atoms with Gasteiger partial charge in [-0.25, -0.2) is 0 Å². The standard InChI is InChI=1S/C10H14O2S2/c11-9(6-13)10(12,7-14)8-4-2-1-3-5-8/h1-5,9,11-14H,6-7H2. The van der Waals surface area contributed by atoms with Crippen LogP contribution < -0.4 is 0 Å². The molecular weight excluding hydrogens is 216 g/mol. The van der Waals surface area contributed by atoms with Crippen molar-refractivity contribution in [2.75, 3.05) is 11.5 Å². The predicted octanol–water partition coefficient (Wildman–Crippen LogP) is 1.09. The highest BCUT2D eigenvalue weighted by atomic mass is 32.1. The van der Waals surface area contributed by atoms with Crippen molar-refractivity contribution >= 4 is 25.3 Å². The topological polar surface area (TPSA) is 40.5 Å². The molecule has 14 heavy (non-hydrogen) atoms. The Morgan fingerprint density at radius 2 is 1.79 bits per heavy atom. The van der Waals surface area contributed by atoms with Gasteiger partial charge in [0.1, 0.15) is 5.60 Å². The summed E-state index contributed by atoms with van der Waals surface area (Å²) >= 11 is 8.03. The summed E-state index contributed by atoms with van der Waals surface area (Å²) in [4.78, 5) is 0. The summed E-state index contributed by atoms with van der Waals surface area (Å²) in [7, 11) is 0. The maximum absolute atomic E-state index is 10.2. The summed E-state index contributed by atoms with van der Waals surface area (Å²) in [6.07, 6.45) is -0.911. The fourth-order valence-corrected chi connectivity index (χ4v) is 1.96. The molecule has 2 nitrogen and oxygen atoms in total. The Hall–Kier alpha value is -0.160. The zero-order valence-corrected chi connectivity index (χ0v) is 9.46. The SMILES string of the molecule is OC(CS)C(O)(CS)c1ccccc1. The normalized spacial score (nSPS) is 17.4. The molecule has 0 aromatic heterocycles. The first kappa shape index (κ1) is 11.9. The lowest BCUT2D eigenvalue weighted by Crippen LogP contribution is -2.42. The highest BCUT2D eigenvalue weighted by Crippen LogP contribution is 2.26. The van der Waals surface area contributed by atoms with Gasteiger partial charge in [-0.2, -0.15) is 25.3 Å². The van der Waals surface area contributed by atoms with Crippen molar-refractivity contribution in [3.63, 3.8) is 0 Å². The molecule has 0 heterocycles. The smallest absolute Gasteiger partial charge is 0.125 e. The summed E-state index contributed by atoms with van der Waals surface area (Å²) in [5.74, 6) is 0.366. The van der Waals surface area contributed by atoms with Crippen LogP contribution in [-0.4, -0.2) is 27.8 Å². The summed E-state index contributed by atoms with van der Waals surface area (Å²) in [6.45, 7) is 0. The third kappa shape index (κ3) is 2.25. The fraction of sp³-hybridized carbons (Fsp3) is 0.400. The third-order valence-corrected chi connectivity index (χ3v) is 3.07. The lowest BCUT2D eigenvalue weighted by molar-refractivity contribution is -0.0500. The molecule has 0 radical (unpaired) electrons. The summed E-state index contributed by atoms with van der Waals surface area (Å²) in [6, 6.07) is 9.02.